The quantitative estimate of drug-likeness (QED) is 0.0534. The summed E-state index contributed by atoms with van der Waals surface area (Å²) in [5.74, 6) is -0.0657. The number of carbonyl (C=O) groups is 3. The van der Waals surface area contributed by atoms with E-state index in [2.05, 4.69) is 36.2 Å². The summed E-state index contributed by atoms with van der Waals surface area (Å²) in [6.45, 7) is 8.03. The molecule has 2 aromatic carbocycles. The molecule has 1 unspecified atom stereocenters. The van der Waals surface area contributed by atoms with Gasteiger partial charge in [0.05, 0.1) is 7.11 Å². The number of likely N-dealkylation sites (tertiary alicyclic amines) is 1. The Kier molecular flexibility index (Phi) is 29.9. The summed E-state index contributed by atoms with van der Waals surface area (Å²) in [5, 5.41) is 3.18. The second kappa shape index (κ2) is 35.0. The van der Waals surface area contributed by atoms with Crippen LogP contribution in [0.3, 0.4) is 0 Å². The number of nitrogens with one attached hydrogen (secondary N) is 1. The summed E-state index contributed by atoms with van der Waals surface area (Å²) in [6.07, 6.45) is 34.1. The molecule has 2 aromatic rings. The van der Waals surface area contributed by atoms with E-state index in [9.17, 15) is 14.4 Å². The lowest BCUT2D eigenvalue weighted by molar-refractivity contribution is -0.154. The fourth-order valence-electron chi connectivity index (χ4n) is 8.88. The molecule has 1 fully saturated rings. The SMILES string of the molecule is CCCCCCCCCCCCCCCC(=O)OCC(=O)N(CCCN1CCCC1)C(C(=O)NCCc1ccc(OC)cc1)c1cccc(CCCCCCCCCCCC)c1. The first-order valence-electron chi connectivity index (χ1n) is 25.6. The molecule has 8 heteroatoms. The number of aryl methyl sites for hydroxylation is 1. The van der Waals surface area contributed by atoms with Crippen LogP contribution in [0.1, 0.15) is 210 Å². The molecule has 1 N–H and O–H groups in total. The molecule has 1 aliphatic heterocycles. The van der Waals surface area contributed by atoms with Crippen LogP contribution in [0, 0.1) is 0 Å². The number of carbonyl (C=O) groups excluding carboxylic acids is 3. The Labute approximate surface area is 379 Å². The fourth-order valence-corrected chi connectivity index (χ4v) is 8.88. The molecule has 350 valence electrons. The first-order valence-corrected chi connectivity index (χ1v) is 25.6. The van der Waals surface area contributed by atoms with Crippen LogP contribution in [0.15, 0.2) is 48.5 Å². The van der Waals surface area contributed by atoms with E-state index in [0.29, 0.717) is 25.9 Å². The molecule has 0 aliphatic carbocycles. The van der Waals surface area contributed by atoms with Crippen molar-refractivity contribution in [3.8, 4) is 5.75 Å². The van der Waals surface area contributed by atoms with Crippen molar-refractivity contribution in [3.05, 3.63) is 65.2 Å². The molecule has 0 bridgehead atoms. The van der Waals surface area contributed by atoms with Gasteiger partial charge in [0.15, 0.2) is 6.61 Å². The smallest absolute Gasteiger partial charge is 0.306 e. The van der Waals surface area contributed by atoms with E-state index in [1.807, 2.05) is 36.4 Å². The number of rotatable bonds is 38. The monoisotopic (exact) mass is 860 g/mol. The van der Waals surface area contributed by atoms with Crippen molar-refractivity contribution in [3.63, 3.8) is 0 Å². The van der Waals surface area contributed by atoms with Gasteiger partial charge in [-0.15, -0.1) is 0 Å². The largest absolute Gasteiger partial charge is 0.497 e. The first-order chi connectivity index (χ1) is 30.4. The number of hydrogen-bond acceptors (Lipinski definition) is 6. The van der Waals surface area contributed by atoms with E-state index in [1.54, 1.807) is 12.0 Å². The molecular weight excluding hydrogens is 771 g/mol. The van der Waals surface area contributed by atoms with E-state index < -0.39 is 6.04 Å². The van der Waals surface area contributed by atoms with E-state index in [1.165, 1.54) is 140 Å². The zero-order chi connectivity index (χ0) is 44.3. The summed E-state index contributed by atoms with van der Waals surface area (Å²) >= 11 is 0. The van der Waals surface area contributed by atoms with Gasteiger partial charge in [0.25, 0.3) is 5.91 Å². The number of amides is 2. The van der Waals surface area contributed by atoms with Crippen LogP contribution in [-0.4, -0.2) is 74.0 Å². The van der Waals surface area contributed by atoms with E-state index in [-0.39, 0.29) is 24.4 Å². The number of ether oxygens (including phenoxy) is 2. The molecule has 1 aliphatic rings. The van der Waals surface area contributed by atoms with Gasteiger partial charge in [-0.1, -0.05) is 185 Å². The molecular formula is C54H89N3O5. The van der Waals surface area contributed by atoms with Crippen molar-refractivity contribution in [2.75, 3.05) is 46.4 Å². The van der Waals surface area contributed by atoms with Crippen LogP contribution in [0.5, 0.6) is 5.75 Å². The van der Waals surface area contributed by atoms with Crippen LogP contribution in [0.2, 0.25) is 0 Å². The zero-order valence-corrected chi connectivity index (χ0v) is 39.9. The Hall–Kier alpha value is -3.39. The third-order valence-electron chi connectivity index (χ3n) is 12.8. The fraction of sp³-hybridized carbons (Fsp3) is 0.722. The standard InChI is InChI=1S/C54H89N3O5/c1-4-6-8-10-12-14-16-17-18-20-22-24-26-34-52(59)62-46-51(58)57(44-30-43-56-41-27-28-42-56)53(54(60)55-40-39-47-35-37-50(61-3)38-36-47)49-33-29-32-48(45-49)31-25-23-21-19-15-13-11-9-7-5-2/h29,32-33,35-38,45,53H,4-28,30-31,34,39-44,46H2,1-3H3,(H,55,60). The van der Waals surface area contributed by atoms with Crippen LogP contribution in [0.25, 0.3) is 0 Å². The minimum absolute atomic E-state index is 0.206. The normalized spacial score (nSPS) is 13.3. The van der Waals surface area contributed by atoms with Crippen LogP contribution in [0.4, 0.5) is 0 Å². The molecule has 0 spiro atoms. The molecule has 62 heavy (non-hydrogen) atoms. The van der Waals surface area contributed by atoms with Crippen LogP contribution >= 0.6 is 0 Å². The third-order valence-corrected chi connectivity index (χ3v) is 12.8. The maximum atomic E-state index is 14.4. The molecule has 8 nitrogen and oxygen atoms in total. The number of hydrogen-bond donors (Lipinski definition) is 1. The van der Waals surface area contributed by atoms with Crippen molar-refractivity contribution >= 4 is 17.8 Å². The lowest BCUT2D eigenvalue weighted by atomic mass is 9.98. The average Bonchev–Trinajstić information content (AvgIpc) is 3.81. The number of nitrogens with zero attached hydrogens (tertiary/aromatic N) is 2. The first kappa shape index (κ1) is 53.0. The van der Waals surface area contributed by atoms with Gasteiger partial charge in [-0.3, -0.25) is 14.4 Å². The summed E-state index contributed by atoms with van der Waals surface area (Å²) in [4.78, 5) is 45.7. The summed E-state index contributed by atoms with van der Waals surface area (Å²) in [7, 11) is 1.65. The lowest BCUT2D eigenvalue weighted by Gasteiger charge is -2.32. The number of methoxy groups -OCH3 is 1. The molecule has 3 rings (SSSR count). The summed E-state index contributed by atoms with van der Waals surface area (Å²) < 4.78 is 11.0. The van der Waals surface area contributed by atoms with Gasteiger partial charge in [0.1, 0.15) is 11.8 Å². The van der Waals surface area contributed by atoms with Crippen LogP contribution < -0.4 is 10.1 Å². The second-order valence-corrected chi connectivity index (χ2v) is 18.1. The Morgan fingerprint density at radius 1 is 0.645 bits per heavy atom. The third kappa shape index (κ3) is 23.9. The van der Waals surface area contributed by atoms with Crippen LogP contribution in [-0.2, 0) is 32.0 Å². The minimum atomic E-state index is -0.829. The molecule has 1 saturated heterocycles. The maximum absolute atomic E-state index is 14.4. The Balaban J connectivity index is 1.61. The van der Waals surface area contributed by atoms with Crippen molar-refractivity contribution in [1.82, 2.24) is 15.1 Å². The summed E-state index contributed by atoms with van der Waals surface area (Å²) in [5.41, 5.74) is 3.09. The van der Waals surface area contributed by atoms with Gasteiger partial charge < -0.3 is 24.6 Å². The second-order valence-electron chi connectivity index (χ2n) is 18.1. The van der Waals surface area contributed by atoms with Gasteiger partial charge in [-0.05, 0) is 93.4 Å². The number of unbranched alkanes of at least 4 members (excludes halogenated alkanes) is 21. The minimum Gasteiger partial charge on any atom is -0.497 e. The molecule has 0 aromatic heterocycles. The average molecular weight is 860 g/mol. The molecule has 1 heterocycles. The lowest BCUT2D eigenvalue weighted by Crippen LogP contribution is -2.46. The Bertz CT molecular complexity index is 1440. The molecule has 0 saturated carbocycles. The number of benzene rings is 2. The molecule has 2 amide bonds. The molecule has 1 atom stereocenters. The van der Waals surface area contributed by atoms with Crippen molar-refractivity contribution < 1.29 is 23.9 Å². The summed E-state index contributed by atoms with van der Waals surface area (Å²) in [6, 6.07) is 15.3. The topological polar surface area (TPSA) is 88.2 Å². The van der Waals surface area contributed by atoms with E-state index >= 15 is 0 Å². The predicted molar refractivity (Wildman–Crippen MR) is 258 cm³/mol. The highest BCUT2D eigenvalue weighted by atomic mass is 16.5. The predicted octanol–water partition coefficient (Wildman–Crippen LogP) is 12.9. The van der Waals surface area contributed by atoms with Crippen molar-refractivity contribution in [2.24, 2.45) is 0 Å². The number of esters is 1. The Morgan fingerprint density at radius 3 is 1.76 bits per heavy atom. The van der Waals surface area contributed by atoms with E-state index in [0.717, 1.165) is 75.0 Å². The van der Waals surface area contributed by atoms with Gasteiger partial charge in [0, 0.05) is 19.5 Å². The Morgan fingerprint density at radius 2 is 1.19 bits per heavy atom. The van der Waals surface area contributed by atoms with Crippen molar-refractivity contribution in [2.45, 2.75) is 206 Å². The maximum Gasteiger partial charge on any atom is 0.306 e. The van der Waals surface area contributed by atoms with E-state index in [4.69, 9.17) is 9.47 Å². The van der Waals surface area contributed by atoms with Gasteiger partial charge >= 0.3 is 5.97 Å². The van der Waals surface area contributed by atoms with Gasteiger partial charge in [-0.2, -0.15) is 0 Å². The van der Waals surface area contributed by atoms with Gasteiger partial charge in [0.2, 0.25) is 5.91 Å². The van der Waals surface area contributed by atoms with Crippen molar-refractivity contribution in [1.29, 1.82) is 0 Å². The zero-order valence-electron chi connectivity index (χ0n) is 39.9. The highest BCUT2D eigenvalue weighted by Gasteiger charge is 2.32. The van der Waals surface area contributed by atoms with Gasteiger partial charge in [-0.25, -0.2) is 0 Å². The highest BCUT2D eigenvalue weighted by Crippen LogP contribution is 2.25. The molecule has 0 radical (unpaired) electrons. The highest BCUT2D eigenvalue weighted by molar-refractivity contribution is 5.90.